The molecule has 17 heavy (non-hydrogen) atoms. The lowest BCUT2D eigenvalue weighted by Gasteiger charge is -2.23. The number of halogens is 2. The minimum atomic E-state index is -0.372. The van der Waals surface area contributed by atoms with Gasteiger partial charge in [-0.1, -0.05) is 24.6 Å². The molecule has 1 aliphatic carbocycles. The minimum Gasteiger partial charge on any atom is -0.271 e. The van der Waals surface area contributed by atoms with Gasteiger partial charge >= 0.3 is 0 Å². The molecule has 2 nitrogen and oxygen atoms in total. The minimum absolute atomic E-state index is 0.178. The molecule has 1 saturated carbocycles. The van der Waals surface area contributed by atoms with Crippen LogP contribution >= 0.6 is 11.6 Å². The van der Waals surface area contributed by atoms with Crippen molar-refractivity contribution in [2.75, 3.05) is 0 Å². The van der Waals surface area contributed by atoms with Crippen LogP contribution < -0.4 is 11.3 Å². The van der Waals surface area contributed by atoms with Crippen LogP contribution in [0, 0.1) is 17.7 Å². The summed E-state index contributed by atoms with van der Waals surface area (Å²) in [5.41, 5.74) is 3.89. The zero-order chi connectivity index (χ0) is 12.4. The van der Waals surface area contributed by atoms with Crippen molar-refractivity contribution in [3.63, 3.8) is 0 Å². The molecule has 2 unspecified atom stereocenters. The number of nitrogens with two attached hydrogens (primary N) is 1. The van der Waals surface area contributed by atoms with Crippen LogP contribution in [0.25, 0.3) is 0 Å². The van der Waals surface area contributed by atoms with Crippen molar-refractivity contribution in [1.82, 2.24) is 5.43 Å². The topological polar surface area (TPSA) is 38.0 Å². The number of nitrogens with one attached hydrogen (secondary N) is 1. The molecular weight excluding hydrogens is 239 g/mol. The lowest BCUT2D eigenvalue weighted by molar-refractivity contribution is 0.343. The van der Waals surface area contributed by atoms with Gasteiger partial charge < -0.3 is 0 Å². The zero-order valence-corrected chi connectivity index (χ0v) is 10.7. The van der Waals surface area contributed by atoms with E-state index in [4.69, 9.17) is 17.4 Å². The highest BCUT2D eigenvalue weighted by molar-refractivity contribution is 6.30. The van der Waals surface area contributed by atoms with Gasteiger partial charge in [-0.2, -0.15) is 0 Å². The quantitative estimate of drug-likeness (QED) is 0.628. The first-order chi connectivity index (χ1) is 8.11. The van der Waals surface area contributed by atoms with Crippen LogP contribution in [-0.4, -0.2) is 6.04 Å². The Bertz CT molecular complexity index is 393. The van der Waals surface area contributed by atoms with Gasteiger partial charge in [-0.3, -0.25) is 11.3 Å². The number of hydrogen-bond donors (Lipinski definition) is 2. The fourth-order valence-corrected chi connectivity index (χ4v) is 2.47. The standard InChI is InChI=1S/C13H18ClFN2/c1-8(10-3-4-10)13(17-16)7-9-2-5-12(15)11(14)6-9/h2,5-6,8,10,13,17H,3-4,7,16H2,1H3. The third-order valence-electron chi connectivity index (χ3n) is 3.65. The normalized spacial score (nSPS) is 19.1. The summed E-state index contributed by atoms with van der Waals surface area (Å²) in [6.45, 7) is 2.22. The van der Waals surface area contributed by atoms with E-state index >= 15 is 0 Å². The molecule has 0 heterocycles. The molecule has 2 rings (SSSR count). The summed E-state index contributed by atoms with van der Waals surface area (Å²) in [6.07, 6.45) is 3.38. The number of hydrogen-bond acceptors (Lipinski definition) is 2. The molecule has 1 aromatic carbocycles. The summed E-state index contributed by atoms with van der Waals surface area (Å²) in [5, 5.41) is 0.178. The van der Waals surface area contributed by atoms with Crippen molar-refractivity contribution in [2.45, 2.75) is 32.2 Å². The van der Waals surface area contributed by atoms with E-state index in [0.717, 1.165) is 17.9 Å². The lowest BCUT2D eigenvalue weighted by Crippen LogP contribution is -2.42. The van der Waals surface area contributed by atoms with Crippen LogP contribution in [-0.2, 0) is 6.42 Å². The Balaban J connectivity index is 2.04. The summed E-state index contributed by atoms with van der Waals surface area (Å²) in [7, 11) is 0. The Labute approximate surface area is 106 Å². The van der Waals surface area contributed by atoms with E-state index in [-0.39, 0.29) is 16.9 Å². The highest BCUT2D eigenvalue weighted by atomic mass is 35.5. The molecule has 4 heteroatoms. The molecule has 0 spiro atoms. The predicted octanol–water partition coefficient (Wildman–Crippen LogP) is 2.90. The van der Waals surface area contributed by atoms with Gasteiger partial charge in [-0.05, 0) is 48.8 Å². The van der Waals surface area contributed by atoms with Crippen molar-refractivity contribution < 1.29 is 4.39 Å². The Hall–Kier alpha value is -0.640. The zero-order valence-electron chi connectivity index (χ0n) is 9.92. The first kappa shape index (κ1) is 12.8. The second-order valence-corrected chi connectivity index (χ2v) is 5.33. The maximum Gasteiger partial charge on any atom is 0.141 e. The molecule has 0 saturated heterocycles. The summed E-state index contributed by atoms with van der Waals surface area (Å²) >= 11 is 5.77. The second kappa shape index (κ2) is 5.34. The van der Waals surface area contributed by atoms with Crippen LogP contribution in [0.3, 0.4) is 0 Å². The molecule has 2 atom stereocenters. The van der Waals surface area contributed by atoms with Crippen LogP contribution in [0.2, 0.25) is 5.02 Å². The predicted molar refractivity (Wildman–Crippen MR) is 68.1 cm³/mol. The highest BCUT2D eigenvalue weighted by Crippen LogP contribution is 2.38. The first-order valence-electron chi connectivity index (χ1n) is 6.02. The number of rotatable bonds is 5. The molecule has 0 bridgehead atoms. The third kappa shape index (κ3) is 3.18. The summed E-state index contributed by atoms with van der Waals surface area (Å²) in [5.74, 6) is 6.56. The smallest absolute Gasteiger partial charge is 0.141 e. The van der Waals surface area contributed by atoms with E-state index in [9.17, 15) is 4.39 Å². The lowest BCUT2D eigenvalue weighted by atomic mass is 9.92. The van der Waals surface area contributed by atoms with E-state index < -0.39 is 0 Å². The summed E-state index contributed by atoms with van der Waals surface area (Å²) in [6, 6.07) is 5.09. The van der Waals surface area contributed by atoms with Gasteiger partial charge in [-0.25, -0.2) is 4.39 Å². The van der Waals surface area contributed by atoms with Crippen molar-refractivity contribution >= 4 is 11.6 Å². The van der Waals surface area contributed by atoms with Crippen molar-refractivity contribution in [2.24, 2.45) is 17.7 Å². The van der Waals surface area contributed by atoms with Gasteiger partial charge in [0.05, 0.1) is 5.02 Å². The van der Waals surface area contributed by atoms with E-state index in [1.54, 1.807) is 12.1 Å². The van der Waals surface area contributed by atoms with Gasteiger partial charge in [0.2, 0.25) is 0 Å². The third-order valence-corrected chi connectivity index (χ3v) is 3.94. The Morgan fingerprint density at radius 1 is 1.53 bits per heavy atom. The maximum atomic E-state index is 13.0. The largest absolute Gasteiger partial charge is 0.271 e. The van der Waals surface area contributed by atoms with Crippen molar-refractivity contribution in [3.05, 3.63) is 34.6 Å². The molecular formula is C13H18ClFN2. The van der Waals surface area contributed by atoms with Crippen LogP contribution in [0.4, 0.5) is 4.39 Å². The van der Waals surface area contributed by atoms with Gasteiger partial charge in [0, 0.05) is 6.04 Å². The molecule has 0 amide bonds. The molecule has 94 valence electrons. The Morgan fingerprint density at radius 2 is 2.24 bits per heavy atom. The van der Waals surface area contributed by atoms with Gasteiger partial charge in [0.25, 0.3) is 0 Å². The molecule has 1 aromatic rings. The summed E-state index contributed by atoms with van der Waals surface area (Å²) < 4.78 is 13.0. The van der Waals surface area contributed by atoms with E-state index in [1.165, 1.54) is 18.9 Å². The fraction of sp³-hybridized carbons (Fsp3) is 0.538. The Kier molecular flexibility index (Phi) is 4.02. The molecule has 0 radical (unpaired) electrons. The van der Waals surface area contributed by atoms with Crippen LogP contribution in [0.5, 0.6) is 0 Å². The van der Waals surface area contributed by atoms with E-state index in [0.29, 0.717) is 5.92 Å². The number of benzene rings is 1. The summed E-state index contributed by atoms with van der Waals surface area (Å²) in [4.78, 5) is 0. The molecule has 1 aliphatic rings. The van der Waals surface area contributed by atoms with Crippen molar-refractivity contribution in [3.8, 4) is 0 Å². The molecule has 3 N–H and O–H groups in total. The van der Waals surface area contributed by atoms with Gasteiger partial charge in [0.15, 0.2) is 0 Å². The average Bonchev–Trinajstić information content (AvgIpc) is 3.13. The number of hydrazine groups is 1. The van der Waals surface area contributed by atoms with Crippen LogP contribution in [0.15, 0.2) is 18.2 Å². The Morgan fingerprint density at radius 3 is 2.76 bits per heavy atom. The average molecular weight is 257 g/mol. The van der Waals surface area contributed by atoms with Crippen LogP contribution in [0.1, 0.15) is 25.3 Å². The van der Waals surface area contributed by atoms with E-state index in [2.05, 4.69) is 12.3 Å². The SMILES string of the molecule is CC(C1CC1)C(Cc1ccc(F)c(Cl)c1)NN. The highest BCUT2D eigenvalue weighted by Gasteiger charge is 2.32. The van der Waals surface area contributed by atoms with Gasteiger partial charge in [0.1, 0.15) is 5.82 Å². The molecule has 1 fully saturated rings. The maximum absolute atomic E-state index is 13.0. The molecule has 0 aromatic heterocycles. The molecule has 0 aliphatic heterocycles. The first-order valence-corrected chi connectivity index (χ1v) is 6.39. The fourth-order valence-electron chi connectivity index (χ4n) is 2.27. The van der Waals surface area contributed by atoms with Gasteiger partial charge in [-0.15, -0.1) is 0 Å². The van der Waals surface area contributed by atoms with E-state index in [1.807, 2.05) is 0 Å². The monoisotopic (exact) mass is 256 g/mol. The van der Waals surface area contributed by atoms with Crippen molar-refractivity contribution in [1.29, 1.82) is 0 Å². The second-order valence-electron chi connectivity index (χ2n) is 4.92.